The molecule has 0 saturated heterocycles. The average molecular weight is 218 g/mol. The fourth-order valence-electron chi connectivity index (χ4n) is 0.962. The highest BCUT2D eigenvalue weighted by atomic mass is 35.5. The molecule has 0 aliphatic carbocycles. The van der Waals surface area contributed by atoms with Crippen LogP contribution in [0.2, 0.25) is 10.0 Å². The van der Waals surface area contributed by atoms with Crippen LogP contribution in [0.15, 0.2) is 17.1 Å². The smallest absolute Gasteiger partial charge is 0.143 e. The maximum Gasteiger partial charge on any atom is 0.143 e. The lowest BCUT2D eigenvalue weighted by Gasteiger charge is -2.05. The Hall–Kier alpha value is -0.730. The first-order chi connectivity index (χ1) is 6.06. The van der Waals surface area contributed by atoms with Gasteiger partial charge in [-0.05, 0) is 19.1 Å². The Morgan fingerprint density at radius 3 is 2.54 bits per heavy atom. The maximum atomic E-state index is 9.55. The van der Waals surface area contributed by atoms with Gasteiger partial charge in [-0.25, -0.2) is 0 Å². The minimum atomic E-state index is 0.0224. The van der Waals surface area contributed by atoms with Crippen LogP contribution in [0, 0.1) is 0 Å². The molecule has 70 valence electrons. The summed E-state index contributed by atoms with van der Waals surface area (Å²) in [6.07, 6.45) is 0. The van der Waals surface area contributed by atoms with Crippen LogP contribution >= 0.6 is 23.2 Å². The summed E-state index contributed by atoms with van der Waals surface area (Å²) in [5.41, 5.74) is 1.27. The van der Waals surface area contributed by atoms with E-state index in [1.165, 1.54) is 6.07 Å². The zero-order valence-electron chi connectivity index (χ0n) is 7.31. The van der Waals surface area contributed by atoms with Gasteiger partial charge in [-0.15, -0.1) is 0 Å². The van der Waals surface area contributed by atoms with Crippen LogP contribution in [0.5, 0.6) is 5.75 Å². The molecule has 0 aliphatic heterocycles. The van der Waals surface area contributed by atoms with Crippen LogP contribution in [-0.2, 0) is 0 Å². The standard InChI is InChI=1S/C9H9Cl2NO/c1-5(12-2)7-3-6(10)4-8(11)9(7)13/h3-4,13H,1-2H3. The largest absolute Gasteiger partial charge is 0.506 e. The van der Waals surface area contributed by atoms with Crippen molar-refractivity contribution in [3.63, 3.8) is 0 Å². The van der Waals surface area contributed by atoms with Gasteiger partial charge >= 0.3 is 0 Å². The fourth-order valence-corrected chi connectivity index (χ4v) is 1.46. The molecule has 4 heteroatoms. The van der Waals surface area contributed by atoms with Crippen molar-refractivity contribution in [2.24, 2.45) is 4.99 Å². The van der Waals surface area contributed by atoms with E-state index in [2.05, 4.69) is 4.99 Å². The van der Waals surface area contributed by atoms with Crippen LogP contribution < -0.4 is 0 Å². The summed E-state index contributed by atoms with van der Waals surface area (Å²) in [6.45, 7) is 1.78. The van der Waals surface area contributed by atoms with Gasteiger partial charge in [0.05, 0.1) is 5.02 Å². The van der Waals surface area contributed by atoms with Gasteiger partial charge in [0, 0.05) is 23.3 Å². The van der Waals surface area contributed by atoms with E-state index in [9.17, 15) is 5.11 Å². The van der Waals surface area contributed by atoms with Crippen molar-refractivity contribution >= 4 is 28.9 Å². The maximum absolute atomic E-state index is 9.55. The molecule has 0 bridgehead atoms. The molecule has 0 spiro atoms. The Morgan fingerprint density at radius 2 is 2.00 bits per heavy atom. The summed E-state index contributed by atoms with van der Waals surface area (Å²) < 4.78 is 0. The van der Waals surface area contributed by atoms with Crippen molar-refractivity contribution in [1.82, 2.24) is 0 Å². The van der Waals surface area contributed by atoms with Crippen molar-refractivity contribution < 1.29 is 5.11 Å². The molecule has 0 amide bonds. The third-order valence-corrected chi connectivity index (χ3v) is 2.26. The van der Waals surface area contributed by atoms with E-state index in [0.29, 0.717) is 16.3 Å². The summed E-state index contributed by atoms with van der Waals surface area (Å²) >= 11 is 11.5. The minimum absolute atomic E-state index is 0.0224. The van der Waals surface area contributed by atoms with Gasteiger partial charge < -0.3 is 5.11 Å². The second-order valence-electron chi connectivity index (χ2n) is 2.59. The lowest BCUT2D eigenvalue weighted by Crippen LogP contribution is -1.95. The predicted octanol–water partition coefficient (Wildman–Crippen LogP) is 3.14. The van der Waals surface area contributed by atoms with Gasteiger partial charge in [0.15, 0.2) is 0 Å². The van der Waals surface area contributed by atoms with Crippen molar-refractivity contribution in [2.75, 3.05) is 7.05 Å². The van der Waals surface area contributed by atoms with Gasteiger partial charge in [-0.1, -0.05) is 23.2 Å². The van der Waals surface area contributed by atoms with Crippen molar-refractivity contribution in [3.8, 4) is 5.75 Å². The molecule has 0 saturated carbocycles. The average Bonchev–Trinajstić information content (AvgIpc) is 2.10. The van der Waals surface area contributed by atoms with Crippen molar-refractivity contribution in [2.45, 2.75) is 6.92 Å². The van der Waals surface area contributed by atoms with Crippen molar-refractivity contribution in [3.05, 3.63) is 27.7 Å². The molecule has 1 aromatic rings. The molecule has 2 nitrogen and oxygen atoms in total. The second kappa shape index (κ2) is 3.99. The highest BCUT2D eigenvalue weighted by molar-refractivity contribution is 6.36. The minimum Gasteiger partial charge on any atom is -0.506 e. The van der Waals surface area contributed by atoms with E-state index >= 15 is 0 Å². The lowest BCUT2D eigenvalue weighted by molar-refractivity contribution is 0.474. The zero-order valence-corrected chi connectivity index (χ0v) is 8.82. The molecule has 0 aromatic heterocycles. The molecular weight excluding hydrogens is 209 g/mol. The van der Waals surface area contributed by atoms with Gasteiger partial charge in [0.1, 0.15) is 5.75 Å². The number of hydrogen-bond acceptors (Lipinski definition) is 2. The molecule has 13 heavy (non-hydrogen) atoms. The van der Waals surface area contributed by atoms with Gasteiger partial charge in [-0.2, -0.15) is 0 Å². The van der Waals surface area contributed by atoms with E-state index in [4.69, 9.17) is 23.2 Å². The number of hydrogen-bond donors (Lipinski definition) is 1. The number of phenolic OH excluding ortho intramolecular Hbond substituents is 1. The molecule has 0 radical (unpaired) electrons. The normalized spacial score (nSPS) is 11.8. The van der Waals surface area contributed by atoms with Crippen LogP contribution in [0.1, 0.15) is 12.5 Å². The van der Waals surface area contributed by atoms with E-state index in [-0.39, 0.29) is 10.8 Å². The predicted molar refractivity (Wildman–Crippen MR) is 56.3 cm³/mol. The SMILES string of the molecule is CN=C(C)c1cc(Cl)cc(Cl)c1O. The third-order valence-electron chi connectivity index (χ3n) is 1.75. The molecule has 0 aliphatic rings. The Labute approximate surface area is 86.8 Å². The Bertz CT molecular complexity index is 361. The highest BCUT2D eigenvalue weighted by Crippen LogP contribution is 2.31. The van der Waals surface area contributed by atoms with E-state index < -0.39 is 0 Å². The van der Waals surface area contributed by atoms with Crippen LogP contribution in [-0.4, -0.2) is 17.9 Å². The molecule has 0 unspecified atom stereocenters. The first-order valence-corrected chi connectivity index (χ1v) is 4.43. The van der Waals surface area contributed by atoms with Crippen LogP contribution in [0.25, 0.3) is 0 Å². The summed E-state index contributed by atoms with van der Waals surface area (Å²) in [7, 11) is 1.64. The number of benzene rings is 1. The number of rotatable bonds is 1. The van der Waals surface area contributed by atoms with Gasteiger partial charge in [-0.3, -0.25) is 4.99 Å². The molecule has 0 atom stereocenters. The Balaban J connectivity index is 3.37. The summed E-state index contributed by atoms with van der Waals surface area (Å²) in [5, 5.41) is 10.3. The third kappa shape index (κ3) is 2.14. The number of halogens is 2. The monoisotopic (exact) mass is 217 g/mol. The Morgan fingerprint density at radius 1 is 1.38 bits per heavy atom. The van der Waals surface area contributed by atoms with E-state index in [1.807, 2.05) is 0 Å². The van der Waals surface area contributed by atoms with Gasteiger partial charge in [0.25, 0.3) is 0 Å². The molecular formula is C9H9Cl2NO. The molecule has 0 heterocycles. The second-order valence-corrected chi connectivity index (χ2v) is 3.44. The van der Waals surface area contributed by atoms with Crippen LogP contribution in [0.4, 0.5) is 0 Å². The van der Waals surface area contributed by atoms with E-state index in [1.54, 1.807) is 20.0 Å². The van der Waals surface area contributed by atoms with Crippen LogP contribution in [0.3, 0.4) is 0 Å². The molecule has 1 rings (SSSR count). The quantitative estimate of drug-likeness (QED) is 0.721. The first-order valence-electron chi connectivity index (χ1n) is 3.68. The first kappa shape index (κ1) is 10.4. The number of phenols is 1. The van der Waals surface area contributed by atoms with Crippen molar-refractivity contribution in [1.29, 1.82) is 0 Å². The number of nitrogens with zero attached hydrogens (tertiary/aromatic N) is 1. The molecule has 0 fully saturated rings. The summed E-state index contributed by atoms with van der Waals surface area (Å²) in [6, 6.07) is 3.12. The fraction of sp³-hybridized carbons (Fsp3) is 0.222. The van der Waals surface area contributed by atoms with E-state index in [0.717, 1.165) is 0 Å². The lowest BCUT2D eigenvalue weighted by atomic mass is 10.1. The highest BCUT2D eigenvalue weighted by Gasteiger charge is 2.09. The number of aromatic hydroxyl groups is 1. The summed E-state index contributed by atoms with van der Waals surface area (Å²) in [4.78, 5) is 3.94. The Kier molecular flexibility index (Phi) is 3.17. The number of aliphatic imine (C=N–C) groups is 1. The zero-order chi connectivity index (χ0) is 10.0. The molecule has 1 aromatic carbocycles. The molecule has 1 N–H and O–H groups in total. The summed E-state index contributed by atoms with van der Waals surface area (Å²) in [5.74, 6) is 0.0224. The topological polar surface area (TPSA) is 32.6 Å². The van der Waals surface area contributed by atoms with Gasteiger partial charge in [0.2, 0.25) is 0 Å².